The SMILES string of the molecule is C=C(COC(C)=O)C[C@@H](O)[C@@H]1[C@H](OC(=O)C(=O)OC)[C@H]1C(=O)OC. The van der Waals surface area contributed by atoms with Crippen LogP contribution in [0.1, 0.15) is 13.3 Å². The highest BCUT2D eigenvalue weighted by atomic mass is 16.6. The molecule has 9 heteroatoms. The maximum Gasteiger partial charge on any atom is 0.417 e. The molecule has 1 aliphatic carbocycles. The molecule has 1 saturated carbocycles. The van der Waals surface area contributed by atoms with E-state index in [2.05, 4.69) is 16.1 Å². The highest BCUT2D eigenvalue weighted by Gasteiger charge is 2.62. The summed E-state index contributed by atoms with van der Waals surface area (Å²) in [4.78, 5) is 45.0. The zero-order valence-electron chi connectivity index (χ0n) is 13.6. The van der Waals surface area contributed by atoms with Crippen molar-refractivity contribution >= 4 is 23.9 Å². The number of rotatable bonds is 7. The first-order chi connectivity index (χ1) is 11.2. The summed E-state index contributed by atoms with van der Waals surface area (Å²) in [5.74, 6) is -5.27. The van der Waals surface area contributed by atoms with Crippen LogP contribution in [0.4, 0.5) is 0 Å². The summed E-state index contributed by atoms with van der Waals surface area (Å²) in [6.07, 6.45) is -2.06. The van der Waals surface area contributed by atoms with E-state index in [1.54, 1.807) is 0 Å². The second-order valence-corrected chi connectivity index (χ2v) is 5.29. The van der Waals surface area contributed by atoms with Gasteiger partial charge < -0.3 is 24.1 Å². The Kier molecular flexibility index (Phi) is 6.90. The van der Waals surface area contributed by atoms with Gasteiger partial charge in [0.25, 0.3) is 0 Å². The fraction of sp³-hybridized carbons (Fsp3) is 0.600. The topological polar surface area (TPSA) is 125 Å². The molecule has 0 aromatic carbocycles. The van der Waals surface area contributed by atoms with Gasteiger partial charge in [0.1, 0.15) is 18.6 Å². The summed E-state index contributed by atoms with van der Waals surface area (Å²) in [5, 5.41) is 10.2. The van der Waals surface area contributed by atoms with Crippen LogP contribution < -0.4 is 0 Å². The van der Waals surface area contributed by atoms with Crippen LogP contribution in [-0.2, 0) is 38.1 Å². The Labute approximate surface area is 138 Å². The van der Waals surface area contributed by atoms with E-state index in [0.29, 0.717) is 5.57 Å². The van der Waals surface area contributed by atoms with Gasteiger partial charge in [-0.05, 0) is 12.0 Å². The van der Waals surface area contributed by atoms with E-state index in [9.17, 15) is 24.3 Å². The van der Waals surface area contributed by atoms with Gasteiger partial charge >= 0.3 is 23.9 Å². The molecular formula is C15H20O9. The van der Waals surface area contributed by atoms with Crippen molar-refractivity contribution in [2.24, 2.45) is 11.8 Å². The Hall–Kier alpha value is -2.42. The van der Waals surface area contributed by atoms with Gasteiger partial charge in [0.2, 0.25) is 0 Å². The van der Waals surface area contributed by atoms with Gasteiger partial charge in [-0.15, -0.1) is 0 Å². The van der Waals surface area contributed by atoms with Crippen molar-refractivity contribution < 1.29 is 43.2 Å². The quantitative estimate of drug-likeness (QED) is 0.278. The molecule has 0 unspecified atom stereocenters. The van der Waals surface area contributed by atoms with Gasteiger partial charge in [0.15, 0.2) is 0 Å². The second-order valence-electron chi connectivity index (χ2n) is 5.29. The monoisotopic (exact) mass is 344 g/mol. The lowest BCUT2D eigenvalue weighted by Crippen LogP contribution is -2.22. The number of ether oxygens (including phenoxy) is 4. The minimum absolute atomic E-state index is 0.0255. The first-order valence-electron chi connectivity index (χ1n) is 7.07. The van der Waals surface area contributed by atoms with Crippen LogP contribution in [0, 0.1) is 11.8 Å². The van der Waals surface area contributed by atoms with E-state index >= 15 is 0 Å². The Morgan fingerprint density at radius 1 is 1.12 bits per heavy atom. The minimum atomic E-state index is -1.26. The Balaban J connectivity index is 2.66. The van der Waals surface area contributed by atoms with Gasteiger partial charge in [0.05, 0.1) is 20.3 Å². The van der Waals surface area contributed by atoms with Crippen molar-refractivity contribution in [2.45, 2.75) is 25.6 Å². The van der Waals surface area contributed by atoms with Crippen LogP contribution >= 0.6 is 0 Å². The highest BCUT2D eigenvalue weighted by molar-refractivity contribution is 6.29. The summed E-state index contributed by atoms with van der Waals surface area (Å²) in [5.41, 5.74) is 0.422. The van der Waals surface area contributed by atoms with Crippen LogP contribution in [0.15, 0.2) is 12.2 Å². The molecule has 24 heavy (non-hydrogen) atoms. The van der Waals surface area contributed by atoms with Gasteiger partial charge in [-0.2, -0.15) is 0 Å². The van der Waals surface area contributed by atoms with Crippen LogP contribution in [0.2, 0.25) is 0 Å². The van der Waals surface area contributed by atoms with E-state index in [1.165, 1.54) is 6.92 Å². The lowest BCUT2D eigenvalue weighted by Gasteiger charge is -2.12. The molecular weight excluding hydrogens is 324 g/mol. The average molecular weight is 344 g/mol. The number of carbonyl (C=O) groups is 4. The molecule has 0 saturated heterocycles. The molecule has 1 fully saturated rings. The van der Waals surface area contributed by atoms with Crippen molar-refractivity contribution in [2.75, 3.05) is 20.8 Å². The third-order valence-corrected chi connectivity index (χ3v) is 3.50. The molecule has 0 aromatic rings. The molecule has 0 radical (unpaired) electrons. The molecule has 134 valence electrons. The van der Waals surface area contributed by atoms with Crippen molar-refractivity contribution in [3.63, 3.8) is 0 Å². The number of esters is 4. The molecule has 0 aliphatic heterocycles. The van der Waals surface area contributed by atoms with Crippen molar-refractivity contribution in [3.05, 3.63) is 12.2 Å². The first kappa shape index (κ1) is 19.6. The summed E-state index contributed by atoms with van der Waals surface area (Å²) >= 11 is 0. The van der Waals surface area contributed by atoms with E-state index in [0.717, 1.165) is 14.2 Å². The summed E-state index contributed by atoms with van der Waals surface area (Å²) in [7, 11) is 2.17. The third kappa shape index (κ3) is 5.05. The molecule has 0 spiro atoms. The molecule has 0 bridgehead atoms. The molecule has 1 aliphatic rings. The third-order valence-electron chi connectivity index (χ3n) is 3.50. The zero-order valence-corrected chi connectivity index (χ0v) is 13.6. The summed E-state index contributed by atoms with van der Waals surface area (Å²) < 4.78 is 18.4. The number of aliphatic hydroxyl groups is 1. The fourth-order valence-corrected chi connectivity index (χ4v) is 2.29. The van der Waals surface area contributed by atoms with Crippen LogP contribution in [0.5, 0.6) is 0 Å². The van der Waals surface area contributed by atoms with Crippen LogP contribution in [0.3, 0.4) is 0 Å². The lowest BCUT2D eigenvalue weighted by molar-refractivity contribution is -0.167. The molecule has 0 amide bonds. The summed E-state index contributed by atoms with van der Waals surface area (Å²) in [6.45, 7) is 4.82. The fourth-order valence-electron chi connectivity index (χ4n) is 2.29. The lowest BCUT2D eigenvalue weighted by atomic mass is 10.1. The van der Waals surface area contributed by atoms with E-state index < -0.39 is 47.9 Å². The number of methoxy groups -OCH3 is 2. The first-order valence-corrected chi connectivity index (χ1v) is 7.07. The predicted molar refractivity (Wildman–Crippen MR) is 77.3 cm³/mol. The second kappa shape index (κ2) is 8.44. The maximum atomic E-state index is 11.7. The molecule has 0 heterocycles. The van der Waals surface area contributed by atoms with Crippen molar-refractivity contribution in [1.82, 2.24) is 0 Å². The number of hydrogen-bond acceptors (Lipinski definition) is 9. The smallest absolute Gasteiger partial charge is 0.417 e. The zero-order chi connectivity index (χ0) is 18.4. The Morgan fingerprint density at radius 2 is 1.75 bits per heavy atom. The number of aliphatic hydroxyl groups excluding tert-OH is 1. The average Bonchev–Trinajstić information content (AvgIpc) is 3.24. The molecule has 1 rings (SSSR count). The summed E-state index contributed by atoms with van der Waals surface area (Å²) in [6, 6.07) is 0. The highest BCUT2D eigenvalue weighted by Crippen LogP contribution is 2.46. The molecule has 9 nitrogen and oxygen atoms in total. The molecule has 1 N–H and O–H groups in total. The van der Waals surface area contributed by atoms with Crippen LogP contribution in [0.25, 0.3) is 0 Å². The van der Waals surface area contributed by atoms with Gasteiger partial charge in [-0.3, -0.25) is 9.59 Å². The van der Waals surface area contributed by atoms with Crippen molar-refractivity contribution in [3.8, 4) is 0 Å². The van der Waals surface area contributed by atoms with E-state index in [4.69, 9.17) is 9.47 Å². The largest absolute Gasteiger partial charge is 0.469 e. The number of carbonyl (C=O) groups excluding carboxylic acids is 4. The predicted octanol–water partition coefficient (Wildman–Crippen LogP) is -0.639. The van der Waals surface area contributed by atoms with Crippen molar-refractivity contribution in [1.29, 1.82) is 0 Å². The van der Waals surface area contributed by atoms with Gasteiger partial charge in [-0.25, -0.2) is 9.59 Å². The molecule has 0 aromatic heterocycles. The van der Waals surface area contributed by atoms with Gasteiger partial charge in [0, 0.05) is 12.8 Å². The Bertz CT molecular complexity index is 539. The van der Waals surface area contributed by atoms with Gasteiger partial charge in [-0.1, -0.05) is 6.58 Å². The van der Waals surface area contributed by atoms with E-state index in [-0.39, 0.29) is 13.0 Å². The number of hydrogen-bond donors (Lipinski definition) is 1. The van der Waals surface area contributed by atoms with E-state index in [1.807, 2.05) is 0 Å². The van der Waals surface area contributed by atoms with Crippen LogP contribution in [-0.4, -0.2) is 62.0 Å². The Morgan fingerprint density at radius 3 is 2.25 bits per heavy atom. The standard InChI is InChI=1S/C15H20O9/c1-7(6-23-8(2)16)5-9(17)10-11(13(18)21-3)12(10)24-15(20)14(19)22-4/h9-12,17H,1,5-6H2,2-4H3/t9-,10+,11+,12+/m1/s1. The normalized spacial score (nSPS) is 22.8. The maximum absolute atomic E-state index is 11.7. The minimum Gasteiger partial charge on any atom is -0.469 e. The molecule has 4 atom stereocenters.